The minimum absolute atomic E-state index is 0.205. The zero-order chi connectivity index (χ0) is 18.3. The Balaban J connectivity index is 1.57. The van der Waals surface area contributed by atoms with Crippen molar-refractivity contribution in [2.24, 2.45) is 0 Å². The predicted molar refractivity (Wildman–Crippen MR) is 99.9 cm³/mol. The van der Waals surface area contributed by atoms with Crippen LogP contribution < -0.4 is 0 Å². The van der Waals surface area contributed by atoms with E-state index in [1.165, 1.54) is 0 Å². The van der Waals surface area contributed by atoms with Gasteiger partial charge in [-0.3, -0.25) is 9.48 Å². The number of benzene rings is 1. The van der Waals surface area contributed by atoms with E-state index in [0.717, 1.165) is 30.5 Å². The Bertz CT molecular complexity index is 811. The number of rotatable bonds is 4. The zero-order valence-corrected chi connectivity index (χ0v) is 15.7. The molecule has 5 nitrogen and oxygen atoms in total. The van der Waals surface area contributed by atoms with Crippen molar-refractivity contribution in [1.82, 2.24) is 14.7 Å². The maximum atomic E-state index is 13.4. The lowest BCUT2D eigenvalue weighted by molar-refractivity contribution is -0.142. The SMILES string of the molecule is CC[C@H](O)c1cc2n(n1)CCN(C(=O)C1(c3ccc(Cl)cc3)CCC1)C2. The first-order valence-electron chi connectivity index (χ1n) is 9.33. The van der Waals surface area contributed by atoms with Crippen LogP contribution in [0.1, 0.15) is 55.7 Å². The van der Waals surface area contributed by atoms with Gasteiger partial charge < -0.3 is 10.0 Å². The van der Waals surface area contributed by atoms with Crippen molar-refractivity contribution in [3.63, 3.8) is 0 Å². The van der Waals surface area contributed by atoms with Crippen molar-refractivity contribution < 1.29 is 9.90 Å². The summed E-state index contributed by atoms with van der Waals surface area (Å²) < 4.78 is 1.92. The van der Waals surface area contributed by atoms with Crippen LogP contribution in [0.4, 0.5) is 0 Å². The van der Waals surface area contributed by atoms with Crippen LogP contribution in [0, 0.1) is 0 Å². The van der Waals surface area contributed by atoms with E-state index in [2.05, 4.69) is 5.10 Å². The molecule has 1 fully saturated rings. The molecule has 6 heteroatoms. The van der Waals surface area contributed by atoms with E-state index < -0.39 is 11.5 Å². The second-order valence-electron chi connectivity index (χ2n) is 7.38. The largest absolute Gasteiger partial charge is 0.387 e. The Labute approximate surface area is 158 Å². The number of carbonyl (C=O) groups excluding carboxylic acids is 1. The summed E-state index contributed by atoms with van der Waals surface area (Å²) in [7, 11) is 0. The van der Waals surface area contributed by atoms with E-state index in [9.17, 15) is 9.90 Å². The molecule has 1 aromatic heterocycles. The van der Waals surface area contributed by atoms with Gasteiger partial charge in [0.05, 0.1) is 36.0 Å². The minimum Gasteiger partial charge on any atom is -0.387 e. The molecule has 138 valence electrons. The van der Waals surface area contributed by atoms with Gasteiger partial charge in [-0.2, -0.15) is 5.10 Å². The third-order valence-corrected chi connectivity index (χ3v) is 6.10. The molecule has 4 rings (SSSR count). The van der Waals surface area contributed by atoms with E-state index >= 15 is 0 Å². The molecule has 0 unspecified atom stereocenters. The average molecular weight is 374 g/mol. The molecule has 2 aliphatic rings. The van der Waals surface area contributed by atoms with Crippen LogP contribution in [0.3, 0.4) is 0 Å². The van der Waals surface area contributed by atoms with Crippen molar-refractivity contribution >= 4 is 17.5 Å². The average Bonchev–Trinajstić information content (AvgIpc) is 3.04. The lowest BCUT2D eigenvalue weighted by Gasteiger charge is -2.44. The standard InChI is InChI=1S/C20H24ClN3O2/c1-2-18(25)17-12-16-13-23(10-11-24(16)22-17)19(26)20(8-3-9-20)14-4-6-15(21)7-5-14/h4-7,12,18,25H,2-3,8-11,13H2,1H3/t18-/m0/s1. The molecule has 0 spiro atoms. The van der Waals surface area contributed by atoms with Gasteiger partial charge in [0, 0.05) is 11.6 Å². The first kappa shape index (κ1) is 17.6. The second kappa shape index (κ2) is 6.71. The first-order valence-corrected chi connectivity index (χ1v) is 9.71. The maximum Gasteiger partial charge on any atom is 0.233 e. The lowest BCUT2D eigenvalue weighted by Crippen LogP contribution is -2.52. The quantitative estimate of drug-likeness (QED) is 0.893. The van der Waals surface area contributed by atoms with Gasteiger partial charge in [-0.1, -0.05) is 37.1 Å². The molecule has 2 aromatic rings. The number of aliphatic hydroxyl groups is 1. The number of carbonyl (C=O) groups is 1. The van der Waals surface area contributed by atoms with Crippen LogP contribution >= 0.6 is 11.6 Å². The van der Waals surface area contributed by atoms with E-state index in [1.54, 1.807) is 0 Å². The van der Waals surface area contributed by atoms with Gasteiger partial charge in [0.2, 0.25) is 5.91 Å². The van der Waals surface area contributed by atoms with Crippen LogP contribution in [-0.2, 0) is 23.3 Å². The summed E-state index contributed by atoms with van der Waals surface area (Å²) in [6.45, 7) is 3.82. The third-order valence-electron chi connectivity index (χ3n) is 5.85. The van der Waals surface area contributed by atoms with Crippen LogP contribution in [0.5, 0.6) is 0 Å². The molecule has 0 bridgehead atoms. The van der Waals surface area contributed by atoms with E-state index in [4.69, 9.17) is 11.6 Å². The molecule has 1 N–H and O–H groups in total. The van der Waals surface area contributed by atoms with Gasteiger partial charge in [-0.05, 0) is 43.0 Å². The summed E-state index contributed by atoms with van der Waals surface area (Å²) in [6, 6.07) is 9.65. The number of fused-ring (bicyclic) bond motifs is 1. The highest BCUT2D eigenvalue weighted by molar-refractivity contribution is 6.30. The Morgan fingerprint density at radius 1 is 1.31 bits per heavy atom. The van der Waals surface area contributed by atoms with Crippen molar-refractivity contribution in [1.29, 1.82) is 0 Å². The molecule has 1 saturated carbocycles. The Kier molecular flexibility index (Phi) is 4.53. The molecular formula is C20H24ClN3O2. The molecule has 26 heavy (non-hydrogen) atoms. The van der Waals surface area contributed by atoms with Gasteiger partial charge in [0.1, 0.15) is 0 Å². The monoisotopic (exact) mass is 373 g/mol. The lowest BCUT2D eigenvalue weighted by atomic mass is 9.63. The smallest absolute Gasteiger partial charge is 0.233 e. The molecule has 0 saturated heterocycles. The summed E-state index contributed by atoms with van der Waals surface area (Å²) in [5.74, 6) is 0.205. The molecule has 0 radical (unpaired) electrons. The topological polar surface area (TPSA) is 58.4 Å². The Morgan fingerprint density at radius 3 is 2.65 bits per heavy atom. The van der Waals surface area contributed by atoms with Crippen molar-refractivity contribution in [2.45, 2.75) is 57.2 Å². The molecule has 1 aliphatic heterocycles. The van der Waals surface area contributed by atoms with Crippen LogP contribution in [0.2, 0.25) is 5.02 Å². The third kappa shape index (κ3) is 2.83. The first-order chi connectivity index (χ1) is 12.5. The van der Waals surface area contributed by atoms with Crippen LogP contribution in [0.25, 0.3) is 0 Å². The Hall–Kier alpha value is -1.85. The fourth-order valence-corrected chi connectivity index (χ4v) is 4.19. The predicted octanol–water partition coefficient (Wildman–Crippen LogP) is 3.44. The van der Waals surface area contributed by atoms with E-state index in [-0.39, 0.29) is 5.91 Å². The normalized spacial score (nSPS) is 19.6. The number of halogens is 1. The van der Waals surface area contributed by atoms with Gasteiger partial charge in [0.25, 0.3) is 0 Å². The highest BCUT2D eigenvalue weighted by Crippen LogP contribution is 2.46. The highest BCUT2D eigenvalue weighted by atomic mass is 35.5. The summed E-state index contributed by atoms with van der Waals surface area (Å²) in [6.07, 6.45) is 2.96. The number of aromatic nitrogens is 2. The second-order valence-corrected chi connectivity index (χ2v) is 7.81. The fraction of sp³-hybridized carbons (Fsp3) is 0.500. The highest BCUT2D eigenvalue weighted by Gasteiger charge is 2.48. The number of hydrogen-bond donors (Lipinski definition) is 1. The van der Waals surface area contributed by atoms with Gasteiger partial charge >= 0.3 is 0 Å². The minimum atomic E-state index is -0.538. The van der Waals surface area contributed by atoms with Gasteiger partial charge in [-0.25, -0.2) is 0 Å². The van der Waals surface area contributed by atoms with Gasteiger partial charge in [0.15, 0.2) is 0 Å². The summed E-state index contributed by atoms with van der Waals surface area (Å²) in [4.78, 5) is 15.4. The van der Waals surface area contributed by atoms with Crippen molar-refractivity contribution in [2.75, 3.05) is 6.54 Å². The van der Waals surface area contributed by atoms with Crippen LogP contribution in [-0.4, -0.2) is 32.2 Å². The number of hydrogen-bond acceptors (Lipinski definition) is 3. The number of nitrogens with zero attached hydrogens (tertiary/aromatic N) is 3. The van der Waals surface area contributed by atoms with Crippen molar-refractivity contribution in [3.8, 4) is 0 Å². The summed E-state index contributed by atoms with van der Waals surface area (Å²) >= 11 is 6.02. The molecule has 2 heterocycles. The zero-order valence-electron chi connectivity index (χ0n) is 15.0. The van der Waals surface area contributed by atoms with E-state index in [0.29, 0.717) is 36.8 Å². The van der Waals surface area contributed by atoms with Gasteiger partial charge in [-0.15, -0.1) is 0 Å². The summed E-state index contributed by atoms with van der Waals surface area (Å²) in [5.41, 5.74) is 2.36. The molecule has 1 aliphatic carbocycles. The molecule has 1 aromatic carbocycles. The fourth-order valence-electron chi connectivity index (χ4n) is 4.06. The maximum absolute atomic E-state index is 13.4. The number of aliphatic hydroxyl groups excluding tert-OH is 1. The molecule has 1 amide bonds. The van der Waals surface area contributed by atoms with E-state index in [1.807, 2.05) is 46.8 Å². The number of amides is 1. The molecule has 1 atom stereocenters. The molecular weight excluding hydrogens is 350 g/mol. The van der Waals surface area contributed by atoms with Crippen LogP contribution in [0.15, 0.2) is 30.3 Å². The summed E-state index contributed by atoms with van der Waals surface area (Å²) in [5, 5.41) is 15.2. The Morgan fingerprint density at radius 2 is 2.04 bits per heavy atom. The van der Waals surface area contributed by atoms with Crippen molar-refractivity contribution in [3.05, 3.63) is 52.3 Å².